The molecule has 2 nitrogen and oxygen atoms in total. The predicted octanol–water partition coefficient (Wildman–Crippen LogP) is 2.22. The fourth-order valence-corrected chi connectivity index (χ4v) is 1.84. The van der Waals surface area contributed by atoms with Gasteiger partial charge < -0.3 is 8.07 Å². The molecule has 1 saturated heterocycles. The Morgan fingerprint density at radius 2 is 1.44 bits per heavy atom. The highest BCUT2D eigenvalue weighted by Gasteiger charge is 2.15. The van der Waals surface area contributed by atoms with Crippen molar-refractivity contribution in [1.29, 1.82) is 0 Å². The molecule has 0 bridgehead atoms. The number of hydrogen-bond donors (Lipinski definition) is 0. The largest absolute Gasteiger partial charge is 0.625 e. The van der Waals surface area contributed by atoms with E-state index in [1.807, 2.05) is 22.9 Å². The maximum atomic E-state index is 11.3. The highest BCUT2D eigenvalue weighted by atomic mass is 127. The molecule has 0 amide bonds. The summed E-state index contributed by atoms with van der Waals surface area (Å²) in [5.74, 6) is 0. The lowest BCUT2D eigenvalue weighted by Crippen LogP contribution is -2.30. The summed E-state index contributed by atoms with van der Waals surface area (Å²) in [6.07, 6.45) is 4.75. The quantitative estimate of drug-likeness (QED) is 0.362. The number of quaternary nitrogens is 1. The van der Waals surface area contributed by atoms with Gasteiger partial charge in [0.05, 0.1) is 13.1 Å². The summed E-state index contributed by atoms with van der Waals surface area (Å²) in [5.41, 5.74) is 0. The first-order valence-corrected chi connectivity index (χ1v) is 4.45. The van der Waals surface area contributed by atoms with Crippen LogP contribution in [0.25, 0.3) is 0 Å². The first-order valence-electron chi connectivity index (χ1n) is 3.48. The Kier molecular flexibility index (Phi) is 2.73. The molecule has 1 heterocycles. The minimum Gasteiger partial charge on any atom is -0.625 e. The molecule has 0 saturated carbocycles. The van der Waals surface area contributed by atoms with Gasteiger partial charge in [0.25, 0.3) is 0 Å². The minimum atomic E-state index is -0.0300. The highest BCUT2D eigenvalue weighted by molar-refractivity contribution is 14.1. The van der Waals surface area contributed by atoms with Gasteiger partial charge in [-0.3, -0.25) is 0 Å². The van der Waals surface area contributed by atoms with Crippen molar-refractivity contribution in [2.45, 2.75) is 25.7 Å². The maximum Gasteiger partial charge on any atom is 0.249 e. The Morgan fingerprint density at radius 3 is 1.89 bits per heavy atom. The van der Waals surface area contributed by atoms with Crippen molar-refractivity contribution >= 4 is 22.9 Å². The standard InChI is InChI=1S/C6H12INO/c7-8(9)5-3-1-2-4-6-8/h1-6H2. The molecule has 0 aromatic heterocycles. The normalized spacial score (nSPS) is 27.3. The summed E-state index contributed by atoms with van der Waals surface area (Å²) in [6.45, 7) is 1.64. The van der Waals surface area contributed by atoms with Gasteiger partial charge in [-0.15, -0.1) is 0 Å². The summed E-state index contributed by atoms with van der Waals surface area (Å²) >= 11 is 2.00. The van der Waals surface area contributed by atoms with E-state index < -0.39 is 0 Å². The Morgan fingerprint density at radius 1 is 1.00 bits per heavy atom. The summed E-state index contributed by atoms with van der Waals surface area (Å²) in [4.78, 5) is 0. The second kappa shape index (κ2) is 3.16. The average molecular weight is 241 g/mol. The SMILES string of the molecule is [O-][N+]1(I)CCCCCC1. The molecule has 0 spiro atoms. The van der Waals surface area contributed by atoms with Crippen molar-refractivity contribution in [3.05, 3.63) is 5.21 Å². The monoisotopic (exact) mass is 241 g/mol. The number of hydrogen-bond acceptors (Lipinski definition) is 1. The zero-order chi connectivity index (χ0) is 6.74. The maximum absolute atomic E-state index is 11.3. The second-order valence-electron chi connectivity index (χ2n) is 2.65. The molecular weight excluding hydrogens is 229 g/mol. The molecule has 0 aliphatic carbocycles. The minimum absolute atomic E-state index is 0.0300. The average Bonchev–Trinajstić information content (AvgIpc) is 1.92. The molecule has 3 heteroatoms. The van der Waals surface area contributed by atoms with Crippen LogP contribution in [-0.2, 0) is 0 Å². The third-order valence-electron chi connectivity index (χ3n) is 1.73. The van der Waals surface area contributed by atoms with Gasteiger partial charge >= 0.3 is 0 Å². The van der Waals surface area contributed by atoms with Crippen LogP contribution in [-0.4, -0.2) is 15.9 Å². The lowest BCUT2D eigenvalue weighted by atomic mass is 10.2. The second-order valence-corrected chi connectivity index (χ2v) is 4.41. The summed E-state index contributed by atoms with van der Waals surface area (Å²) < 4.78 is -0.0300. The van der Waals surface area contributed by atoms with Crippen molar-refractivity contribution in [1.82, 2.24) is 0 Å². The van der Waals surface area contributed by atoms with Crippen LogP contribution in [0.5, 0.6) is 0 Å². The smallest absolute Gasteiger partial charge is 0.249 e. The number of halogens is 1. The van der Waals surface area contributed by atoms with Crippen LogP contribution < -0.4 is 0 Å². The lowest BCUT2D eigenvalue weighted by molar-refractivity contribution is -0.696. The van der Waals surface area contributed by atoms with Crippen molar-refractivity contribution in [3.63, 3.8) is 0 Å². The van der Waals surface area contributed by atoms with Gasteiger partial charge in [0, 0.05) is 0 Å². The Hall–Kier alpha value is 0.650. The Labute approximate surface area is 69.9 Å². The van der Waals surface area contributed by atoms with Crippen LogP contribution >= 0.6 is 22.9 Å². The molecule has 0 radical (unpaired) electrons. The molecule has 1 fully saturated rings. The third-order valence-corrected chi connectivity index (χ3v) is 2.70. The predicted molar refractivity (Wildman–Crippen MR) is 45.8 cm³/mol. The molecule has 54 valence electrons. The van der Waals surface area contributed by atoms with Crippen LogP contribution in [0.1, 0.15) is 25.7 Å². The molecule has 0 aromatic rings. The number of rotatable bonds is 0. The molecular formula is C6H12INO. The van der Waals surface area contributed by atoms with Gasteiger partial charge in [-0.05, 0) is 25.7 Å². The fraction of sp³-hybridized carbons (Fsp3) is 1.00. The lowest BCUT2D eigenvalue weighted by Gasteiger charge is -2.32. The Balaban J connectivity index is 2.36. The van der Waals surface area contributed by atoms with E-state index in [2.05, 4.69) is 0 Å². The van der Waals surface area contributed by atoms with Crippen molar-refractivity contribution in [2.75, 3.05) is 13.1 Å². The van der Waals surface area contributed by atoms with Gasteiger partial charge in [0.2, 0.25) is 22.9 Å². The van der Waals surface area contributed by atoms with Gasteiger partial charge in [-0.1, -0.05) is 0 Å². The van der Waals surface area contributed by atoms with E-state index in [1.54, 1.807) is 0 Å². The molecule has 1 rings (SSSR count). The summed E-state index contributed by atoms with van der Waals surface area (Å²) in [7, 11) is 0. The highest BCUT2D eigenvalue weighted by Crippen LogP contribution is 2.21. The first-order chi connectivity index (χ1) is 4.21. The van der Waals surface area contributed by atoms with Crippen LogP contribution in [0.15, 0.2) is 0 Å². The van der Waals surface area contributed by atoms with E-state index in [4.69, 9.17) is 0 Å². The van der Waals surface area contributed by atoms with Crippen molar-refractivity contribution in [2.24, 2.45) is 0 Å². The zero-order valence-corrected chi connectivity index (χ0v) is 7.63. The molecule has 0 aromatic carbocycles. The molecule has 0 N–H and O–H groups in total. The van der Waals surface area contributed by atoms with E-state index in [9.17, 15) is 5.21 Å². The topological polar surface area (TPSA) is 23.1 Å². The van der Waals surface area contributed by atoms with Crippen molar-refractivity contribution < 1.29 is 2.86 Å². The fourth-order valence-electron chi connectivity index (χ4n) is 1.16. The van der Waals surface area contributed by atoms with Crippen LogP contribution in [0, 0.1) is 5.21 Å². The van der Waals surface area contributed by atoms with E-state index >= 15 is 0 Å². The molecule has 1 aliphatic rings. The van der Waals surface area contributed by atoms with Crippen LogP contribution in [0.3, 0.4) is 0 Å². The number of nitrogens with zero attached hydrogens (tertiary/aromatic N) is 1. The van der Waals surface area contributed by atoms with E-state index in [0.717, 1.165) is 25.9 Å². The summed E-state index contributed by atoms with van der Waals surface area (Å²) in [6, 6.07) is 0. The molecule has 0 unspecified atom stereocenters. The molecule has 9 heavy (non-hydrogen) atoms. The van der Waals surface area contributed by atoms with Crippen molar-refractivity contribution in [3.8, 4) is 0 Å². The number of hydroxylamine groups is 2. The molecule has 1 aliphatic heterocycles. The van der Waals surface area contributed by atoms with Gasteiger partial charge in [-0.2, -0.15) is 0 Å². The van der Waals surface area contributed by atoms with Crippen LogP contribution in [0.2, 0.25) is 0 Å². The first kappa shape index (κ1) is 7.75. The van der Waals surface area contributed by atoms with Gasteiger partial charge in [-0.25, -0.2) is 0 Å². The third kappa shape index (κ3) is 2.82. The van der Waals surface area contributed by atoms with E-state index in [1.165, 1.54) is 12.8 Å². The summed E-state index contributed by atoms with van der Waals surface area (Å²) in [5, 5.41) is 11.3. The van der Waals surface area contributed by atoms with Gasteiger partial charge in [0.15, 0.2) is 0 Å². The van der Waals surface area contributed by atoms with E-state index in [-0.39, 0.29) is 2.86 Å². The van der Waals surface area contributed by atoms with Crippen LogP contribution in [0.4, 0.5) is 0 Å². The van der Waals surface area contributed by atoms with Gasteiger partial charge in [0.1, 0.15) is 0 Å². The Bertz CT molecular complexity index is 85.1. The zero-order valence-electron chi connectivity index (χ0n) is 5.48. The van der Waals surface area contributed by atoms with E-state index in [0.29, 0.717) is 0 Å². The molecule has 0 atom stereocenters.